The highest BCUT2D eigenvalue weighted by molar-refractivity contribution is 5.96. The molecule has 29 heavy (non-hydrogen) atoms. The van der Waals surface area contributed by atoms with Gasteiger partial charge in [0.1, 0.15) is 0 Å². The van der Waals surface area contributed by atoms with Crippen molar-refractivity contribution in [3.8, 4) is 11.3 Å². The van der Waals surface area contributed by atoms with Crippen LogP contribution in [0.1, 0.15) is 32.0 Å². The Morgan fingerprint density at radius 3 is 2.28 bits per heavy atom. The summed E-state index contributed by atoms with van der Waals surface area (Å²) in [5, 5.41) is 9.00. The van der Waals surface area contributed by atoms with E-state index >= 15 is 0 Å². The third-order valence-corrected chi connectivity index (χ3v) is 5.38. The van der Waals surface area contributed by atoms with Crippen molar-refractivity contribution >= 4 is 11.9 Å². The van der Waals surface area contributed by atoms with Gasteiger partial charge in [-0.15, -0.1) is 0 Å². The van der Waals surface area contributed by atoms with Crippen LogP contribution >= 0.6 is 0 Å². The predicted molar refractivity (Wildman–Crippen MR) is 109 cm³/mol. The first-order valence-corrected chi connectivity index (χ1v) is 9.35. The Labute approximate surface area is 167 Å². The van der Waals surface area contributed by atoms with Gasteiger partial charge in [0.05, 0.1) is 17.8 Å². The fraction of sp³-hybridized carbons (Fsp3) is 0.174. The van der Waals surface area contributed by atoms with Gasteiger partial charge in [0.15, 0.2) is 5.43 Å². The molecular formula is C23H20N2O4. The van der Waals surface area contributed by atoms with Crippen molar-refractivity contribution in [2.24, 2.45) is 7.05 Å². The predicted octanol–water partition coefficient (Wildman–Crippen LogP) is 2.95. The van der Waals surface area contributed by atoms with Crippen LogP contribution in [-0.2, 0) is 20.0 Å². The molecule has 0 spiro atoms. The van der Waals surface area contributed by atoms with E-state index in [9.17, 15) is 14.4 Å². The molecule has 2 heterocycles. The molecule has 0 atom stereocenters. The maximum atomic E-state index is 12.8. The summed E-state index contributed by atoms with van der Waals surface area (Å²) in [5.74, 6) is -1.24. The number of carboxylic acids is 1. The lowest BCUT2D eigenvalue weighted by Crippen LogP contribution is -2.40. The van der Waals surface area contributed by atoms with Gasteiger partial charge in [-0.2, -0.15) is 0 Å². The molecule has 1 amide bonds. The van der Waals surface area contributed by atoms with E-state index in [1.807, 2.05) is 41.9 Å². The molecule has 1 aliphatic rings. The Bertz CT molecular complexity index is 1150. The number of pyridine rings is 1. The Kier molecular flexibility index (Phi) is 4.76. The van der Waals surface area contributed by atoms with E-state index in [2.05, 4.69) is 0 Å². The first-order chi connectivity index (χ1) is 14.0. The molecular weight excluding hydrogens is 368 g/mol. The highest BCUT2D eigenvalue weighted by Crippen LogP contribution is 2.24. The van der Waals surface area contributed by atoms with Gasteiger partial charge in [0.2, 0.25) is 0 Å². The fourth-order valence-electron chi connectivity index (χ4n) is 3.79. The smallest absolute Gasteiger partial charge is 0.335 e. The molecule has 1 N–H and O–H groups in total. The normalized spacial score (nSPS) is 13.1. The van der Waals surface area contributed by atoms with Crippen LogP contribution in [0, 0.1) is 0 Å². The van der Waals surface area contributed by atoms with Gasteiger partial charge >= 0.3 is 5.97 Å². The molecule has 1 aliphatic heterocycles. The number of aromatic nitrogens is 1. The lowest BCUT2D eigenvalue weighted by Gasteiger charge is -2.30. The zero-order valence-corrected chi connectivity index (χ0v) is 16.0. The second-order valence-corrected chi connectivity index (χ2v) is 7.10. The molecule has 0 aliphatic carbocycles. The number of hydrogen-bond acceptors (Lipinski definition) is 3. The molecule has 0 saturated heterocycles. The Morgan fingerprint density at radius 2 is 1.62 bits per heavy atom. The van der Waals surface area contributed by atoms with E-state index in [1.165, 1.54) is 24.3 Å². The van der Waals surface area contributed by atoms with Crippen LogP contribution in [0.3, 0.4) is 0 Å². The maximum Gasteiger partial charge on any atom is 0.335 e. The van der Waals surface area contributed by atoms with Crippen LogP contribution < -0.4 is 5.43 Å². The van der Waals surface area contributed by atoms with Gasteiger partial charge in [0.25, 0.3) is 5.91 Å². The van der Waals surface area contributed by atoms with E-state index in [-0.39, 0.29) is 23.4 Å². The molecule has 2 aromatic carbocycles. The molecule has 6 nitrogen and oxygen atoms in total. The third-order valence-electron chi connectivity index (χ3n) is 5.38. The summed E-state index contributed by atoms with van der Waals surface area (Å²) in [4.78, 5) is 38.3. The maximum absolute atomic E-state index is 12.8. The van der Waals surface area contributed by atoms with E-state index in [1.54, 1.807) is 11.0 Å². The molecule has 0 saturated carbocycles. The van der Waals surface area contributed by atoms with E-state index in [4.69, 9.17) is 5.11 Å². The monoisotopic (exact) mass is 388 g/mol. The number of nitrogens with zero attached hydrogens (tertiary/aromatic N) is 2. The van der Waals surface area contributed by atoms with Crippen molar-refractivity contribution in [2.45, 2.75) is 13.0 Å². The van der Waals surface area contributed by atoms with Crippen LogP contribution in [0.25, 0.3) is 11.3 Å². The van der Waals surface area contributed by atoms with Crippen LogP contribution in [0.2, 0.25) is 0 Å². The van der Waals surface area contributed by atoms with Gasteiger partial charge in [-0.1, -0.05) is 30.3 Å². The highest BCUT2D eigenvalue weighted by Gasteiger charge is 2.26. The van der Waals surface area contributed by atoms with Gasteiger partial charge in [-0.05, 0) is 29.8 Å². The largest absolute Gasteiger partial charge is 0.478 e. The van der Waals surface area contributed by atoms with E-state index in [0.717, 1.165) is 17.0 Å². The second-order valence-electron chi connectivity index (χ2n) is 7.10. The summed E-state index contributed by atoms with van der Waals surface area (Å²) in [6, 6.07) is 17.2. The zero-order chi connectivity index (χ0) is 20.5. The molecule has 6 heteroatoms. The average Bonchev–Trinajstić information content (AvgIpc) is 2.76. The molecule has 0 fully saturated rings. The van der Waals surface area contributed by atoms with Crippen LogP contribution in [-0.4, -0.2) is 33.0 Å². The topological polar surface area (TPSA) is 79.6 Å². The van der Waals surface area contributed by atoms with Crippen molar-refractivity contribution in [1.82, 2.24) is 9.47 Å². The molecule has 1 aromatic heterocycles. The van der Waals surface area contributed by atoms with Gasteiger partial charge in [0, 0.05) is 42.9 Å². The lowest BCUT2D eigenvalue weighted by molar-refractivity contribution is 0.0692. The second kappa shape index (κ2) is 7.39. The number of carbonyl (C=O) groups is 2. The Balaban J connectivity index is 1.63. The number of carboxylic acid groups (broad SMARTS) is 1. The molecule has 3 aromatic rings. The number of carbonyl (C=O) groups excluding carboxylic acids is 1. The number of benzene rings is 2. The lowest BCUT2D eigenvalue weighted by atomic mass is 10.0. The number of hydrogen-bond donors (Lipinski definition) is 1. The summed E-state index contributed by atoms with van der Waals surface area (Å²) in [7, 11) is 1.95. The fourth-order valence-corrected chi connectivity index (χ4v) is 3.79. The van der Waals surface area contributed by atoms with Crippen molar-refractivity contribution < 1.29 is 14.7 Å². The number of aromatic carboxylic acids is 1. The van der Waals surface area contributed by atoms with Crippen molar-refractivity contribution in [3.05, 3.63) is 93.3 Å². The minimum absolute atomic E-state index is 0.0734. The quantitative estimate of drug-likeness (QED) is 0.748. The molecule has 4 rings (SSSR count). The summed E-state index contributed by atoms with van der Waals surface area (Å²) in [6.07, 6.45) is 0.584. The summed E-state index contributed by atoms with van der Waals surface area (Å²) < 4.78 is 2.04. The summed E-state index contributed by atoms with van der Waals surface area (Å²) in [5.41, 5.74) is 3.89. The molecule has 0 unspecified atom stereocenters. The SMILES string of the molecule is Cn1c(-c2ccccc2)cc(=O)c2c1CCN(C(=O)c1ccc(C(=O)O)cc1)C2. The first kappa shape index (κ1) is 18.7. The number of rotatable bonds is 3. The summed E-state index contributed by atoms with van der Waals surface area (Å²) >= 11 is 0. The van der Waals surface area contributed by atoms with E-state index in [0.29, 0.717) is 24.1 Å². The van der Waals surface area contributed by atoms with Crippen LogP contribution in [0.15, 0.2) is 65.5 Å². The summed E-state index contributed by atoms with van der Waals surface area (Å²) in [6.45, 7) is 0.745. The third kappa shape index (κ3) is 3.45. The standard InChI is InChI=1S/C23H20N2O4/c1-24-19-11-12-25(22(27)16-7-9-17(10-8-16)23(28)29)14-18(19)21(26)13-20(24)15-5-3-2-4-6-15/h2-10,13H,11-12,14H2,1H3,(H,28,29). The zero-order valence-electron chi connectivity index (χ0n) is 16.0. The number of fused-ring (bicyclic) bond motifs is 1. The van der Waals surface area contributed by atoms with Crippen LogP contribution in [0.5, 0.6) is 0 Å². The molecule has 146 valence electrons. The highest BCUT2D eigenvalue weighted by atomic mass is 16.4. The Hall–Kier alpha value is -3.67. The van der Waals surface area contributed by atoms with Crippen LogP contribution in [0.4, 0.5) is 0 Å². The molecule has 0 bridgehead atoms. The minimum Gasteiger partial charge on any atom is -0.478 e. The van der Waals surface area contributed by atoms with Crippen molar-refractivity contribution in [3.63, 3.8) is 0 Å². The number of amides is 1. The van der Waals surface area contributed by atoms with Crippen molar-refractivity contribution in [1.29, 1.82) is 0 Å². The minimum atomic E-state index is -1.03. The van der Waals surface area contributed by atoms with E-state index < -0.39 is 5.97 Å². The van der Waals surface area contributed by atoms with Gasteiger partial charge < -0.3 is 14.6 Å². The van der Waals surface area contributed by atoms with Crippen molar-refractivity contribution in [2.75, 3.05) is 6.54 Å². The first-order valence-electron chi connectivity index (χ1n) is 9.35. The Morgan fingerprint density at radius 1 is 0.966 bits per heavy atom. The average molecular weight is 388 g/mol. The molecule has 0 radical (unpaired) electrons. The van der Waals surface area contributed by atoms with Gasteiger partial charge in [-0.25, -0.2) is 4.79 Å². The van der Waals surface area contributed by atoms with Gasteiger partial charge in [-0.3, -0.25) is 9.59 Å².